The van der Waals surface area contributed by atoms with E-state index < -0.39 is 11.9 Å². The predicted octanol–water partition coefficient (Wildman–Crippen LogP) is 3.03. The minimum absolute atomic E-state index is 0.440. The molecule has 0 N–H and O–H groups in total. The number of thiophene rings is 1. The summed E-state index contributed by atoms with van der Waals surface area (Å²) in [4.78, 5) is 23.7. The van der Waals surface area contributed by atoms with Gasteiger partial charge in [0, 0.05) is 10.6 Å². The average Bonchev–Trinajstić information content (AvgIpc) is 3.30. The highest BCUT2D eigenvalue weighted by atomic mass is 32.1. The van der Waals surface area contributed by atoms with E-state index in [2.05, 4.69) is 11.4 Å². The van der Waals surface area contributed by atoms with E-state index >= 15 is 0 Å². The van der Waals surface area contributed by atoms with Crippen LogP contribution in [0.2, 0.25) is 0 Å². The molecule has 0 radical (unpaired) electrons. The number of cyclic esters (lactones) is 2. The number of carbonyl (C=O) groups excluding carboxylic acids is 2. The van der Waals surface area contributed by atoms with E-state index in [1.54, 1.807) is 5.57 Å². The quantitative estimate of drug-likeness (QED) is 0.545. The third-order valence-corrected chi connectivity index (χ3v) is 10.2. The fourth-order valence-corrected chi connectivity index (χ4v) is 9.73. The van der Waals surface area contributed by atoms with Gasteiger partial charge in [-0.3, -0.25) is 0 Å². The first kappa shape index (κ1) is 16.2. The van der Waals surface area contributed by atoms with Crippen LogP contribution in [0.25, 0.3) is 11.1 Å². The van der Waals surface area contributed by atoms with E-state index in [1.165, 1.54) is 42.7 Å². The normalized spacial score (nSPS) is 47.7. The monoisotopic (exact) mass is 392 g/mol. The number of ether oxygens (including phenoxy) is 1. The van der Waals surface area contributed by atoms with Crippen molar-refractivity contribution in [2.24, 2.45) is 47.3 Å². The van der Waals surface area contributed by atoms with Crippen LogP contribution in [-0.2, 0) is 14.3 Å². The van der Waals surface area contributed by atoms with Crippen LogP contribution in [0, 0.1) is 47.3 Å². The van der Waals surface area contributed by atoms with Crippen LogP contribution >= 0.6 is 11.3 Å². The maximum atomic E-state index is 12.1. The lowest BCUT2D eigenvalue weighted by atomic mass is 9.35. The van der Waals surface area contributed by atoms with Gasteiger partial charge in [-0.25, -0.2) is 9.59 Å². The Kier molecular flexibility index (Phi) is 3.04. The first-order valence-electron chi connectivity index (χ1n) is 10.9. The second-order valence-corrected chi connectivity index (χ2v) is 11.0. The van der Waals surface area contributed by atoms with Gasteiger partial charge in [0.2, 0.25) is 0 Å². The van der Waals surface area contributed by atoms with E-state index in [0.29, 0.717) is 5.57 Å². The van der Waals surface area contributed by atoms with Crippen LogP contribution in [-0.4, -0.2) is 11.9 Å². The molecule has 144 valence electrons. The van der Waals surface area contributed by atoms with Gasteiger partial charge in [0.25, 0.3) is 0 Å². The molecule has 2 unspecified atom stereocenters. The van der Waals surface area contributed by atoms with Crippen LogP contribution in [0.15, 0.2) is 23.1 Å². The molecule has 8 aliphatic rings. The van der Waals surface area contributed by atoms with Crippen LogP contribution in [0.5, 0.6) is 0 Å². The molecule has 9 rings (SSSR count). The zero-order chi connectivity index (χ0) is 18.7. The molecule has 1 aromatic rings. The molecule has 1 aromatic heterocycles. The van der Waals surface area contributed by atoms with Crippen LogP contribution in [0.1, 0.15) is 39.0 Å². The number of rotatable bonds is 1. The fraction of sp³-hybridized carbons (Fsp3) is 0.583. The van der Waals surface area contributed by atoms with Gasteiger partial charge >= 0.3 is 11.9 Å². The van der Waals surface area contributed by atoms with Gasteiger partial charge in [0.15, 0.2) is 0 Å². The highest BCUT2D eigenvalue weighted by molar-refractivity contribution is 7.07. The number of hydrogen-bond donors (Lipinski definition) is 0. The van der Waals surface area contributed by atoms with Crippen LogP contribution < -0.4 is 9.75 Å². The Morgan fingerprint density at radius 1 is 1.00 bits per heavy atom. The maximum Gasteiger partial charge on any atom is 0.346 e. The third kappa shape index (κ3) is 1.86. The van der Waals surface area contributed by atoms with E-state index in [9.17, 15) is 9.59 Å². The standard InChI is InChI=1S/C24H24O3S/c1-10(14-9-20(25)27-24(14)26)13-2-3-28-23(13)21-12-7-16-15-4-11-5-18(16)22(21)19(6-11)17(15)8-12/h2-3,9,11-12,15-19,22H,4-8H2,1H3/b13-10-,23-21+/t11?,12-,15-,16-,17-,18+,19?,22+/m1/s1. The minimum atomic E-state index is -0.535. The van der Waals surface area contributed by atoms with Gasteiger partial charge in [-0.15, -0.1) is 11.3 Å². The van der Waals surface area contributed by atoms with Crippen molar-refractivity contribution in [2.75, 3.05) is 0 Å². The summed E-state index contributed by atoms with van der Waals surface area (Å²) in [7, 11) is 0. The maximum absolute atomic E-state index is 12.1. The van der Waals surface area contributed by atoms with E-state index in [0.717, 1.165) is 58.1 Å². The van der Waals surface area contributed by atoms with Crippen molar-refractivity contribution in [3.63, 3.8) is 0 Å². The second-order valence-electron chi connectivity index (χ2n) is 10.1. The second kappa shape index (κ2) is 5.27. The zero-order valence-electron chi connectivity index (χ0n) is 16.0. The molecule has 28 heavy (non-hydrogen) atoms. The molecule has 0 spiro atoms. The summed E-state index contributed by atoms with van der Waals surface area (Å²) in [5.41, 5.74) is 3.07. The van der Waals surface area contributed by atoms with Crippen LogP contribution in [0.4, 0.5) is 0 Å². The zero-order valence-corrected chi connectivity index (χ0v) is 16.8. The Bertz CT molecular complexity index is 1070. The van der Waals surface area contributed by atoms with Gasteiger partial charge in [0.1, 0.15) is 0 Å². The summed E-state index contributed by atoms with van der Waals surface area (Å²) in [6.07, 6.45) is 8.61. The molecule has 0 amide bonds. The van der Waals surface area contributed by atoms with Crippen molar-refractivity contribution >= 4 is 34.4 Å². The lowest BCUT2D eigenvalue weighted by Crippen LogP contribution is -2.63. The topological polar surface area (TPSA) is 43.4 Å². The molecule has 7 saturated carbocycles. The largest absolute Gasteiger partial charge is 0.386 e. The van der Waals surface area contributed by atoms with Gasteiger partial charge in [0.05, 0.1) is 5.57 Å². The molecule has 7 fully saturated rings. The van der Waals surface area contributed by atoms with E-state index in [-0.39, 0.29) is 0 Å². The molecule has 0 saturated heterocycles. The van der Waals surface area contributed by atoms with Gasteiger partial charge in [-0.05, 0) is 114 Å². The Labute approximate surface area is 168 Å². The lowest BCUT2D eigenvalue weighted by Gasteiger charge is -2.70. The highest BCUT2D eigenvalue weighted by Gasteiger charge is 2.65. The molecule has 0 aromatic carbocycles. The first-order valence-corrected chi connectivity index (χ1v) is 11.7. The molecule has 4 heteroatoms. The molecule has 8 atom stereocenters. The Hall–Kier alpha value is -1.68. The summed E-state index contributed by atoms with van der Waals surface area (Å²) < 4.78 is 6.16. The Morgan fingerprint density at radius 3 is 2.36 bits per heavy atom. The van der Waals surface area contributed by atoms with Crippen molar-refractivity contribution in [1.29, 1.82) is 0 Å². The smallest absolute Gasteiger partial charge is 0.346 e. The molecule has 7 aliphatic carbocycles. The third-order valence-electron chi connectivity index (χ3n) is 9.26. The lowest BCUT2D eigenvalue weighted by molar-refractivity contribution is -0.163. The van der Waals surface area contributed by atoms with Crippen molar-refractivity contribution < 1.29 is 14.3 Å². The van der Waals surface area contributed by atoms with Gasteiger partial charge < -0.3 is 4.74 Å². The van der Waals surface area contributed by atoms with E-state index in [1.807, 2.05) is 18.3 Å². The minimum Gasteiger partial charge on any atom is -0.386 e. The van der Waals surface area contributed by atoms with Crippen molar-refractivity contribution in [2.45, 2.75) is 39.0 Å². The number of carbonyl (C=O) groups is 2. The summed E-state index contributed by atoms with van der Waals surface area (Å²) in [5.74, 6) is 6.35. The summed E-state index contributed by atoms with van der Waals surface area (Å²) in [6.45, 7) is 1.98. The summed E-state index contributed by atoms with van der Waals surface area (Å²) in [6, 6.07) is 2.15. The highest BCUT2D eigenvalue weighted by Crippen LogP contribution is 2.72. The Balaban J connectivity index is 1.46. The average molecular weight is 393 g/mol. The van der Waals surface area contributed by atoms with Gasteiger partial charge in [-0.2, -0.15) is 0 Å². The van der Waals surface area contributed by atoms with Crippen molar-refractivity contribution in [3.8, 4) is 0 Å². The van der Waals surface area contributed by atoms with Crippen LogP contribution in [0.3, 0.4) is 0 Å². The van der Waals surface area contributed by atoms with Gasteiger partial charge in [-0.1, -0.05) is 0 Å². The SMILES string of the molecule is C/C(C1=CC(=O)OC1=O)=c1\ccs\c1=C1/[C@@H]2C[C@@H]3[C@H]4CC5CC([C@@H]1[C@H]3C5)[C@@H]4C2. The molecule has 3 nitrogen and oxygen atoms in total. The Morgan fingerprint density at radius 2 is 1.68 bits per heavy atom. The molecular weight excluding hydrogens is 368 g/mol. The predicted molar refractivity (Wildman–Crippen MR) is 106 cm³/mol. The molecule has 1 aliphatic heterocycles. The first-order chi connectivity index (χ1) is 13.6. The number of hydrogen-bond acceptors (Lipinski definition) is 4. The fourth-order valence-electron chi connectivity index (χ4n) is 8.60. The van der Waals surface area contributed by atoms with Crippen molar-refractivity contribution in [3.05, 3.63) is 32.8 Å². The van der Waals surface area contributed by atoms with Crippen molar-refractivity contribution in [1.82, 2.24) is 0 Å². The number of esters is 2. The van der Waals surface area contributed by atoms with E-state index in [4.69, 9.17) is 4.74 Å². The summed E-state index contributed by atoms with van der Waals surface area (Å²) in [5, 5.41) is 3.33. The summed E-state index contributed by atoms with van der Waals surface area (Å²) >= 11 is 1.85. The molecule has 2 heterocycles. The molecular formula is C24H24O3S. The molecule has 8 bridgehead atoms.